The summed E-state index contributed by atoms with van der Waals surface area (Å²) in [5, 5.41) is 8.53. The molecular weight excluding hydrogens is 552 g/mol. The molecule has 0 heterocycles. The number of esters is 1. The highest BCUT2D eigenvalue weighted by Crippen LogP contribution is 2.21. The molecule has 8 heteroatoms. The third-order valence-corrected chi connectivity index (χ3v) is 6.73. The predicted molar refractivity (Wildman–Crippen MR) is 174 cm³/mol. The average Bonchev–Trinajstić information content (AvgIpc) is 3.05. The number of hydrazone groups is 1. The minimum Gasteiger partial charge on any atom is -0.423 e. The summed E-state index contributed by atoms with van der Waals surface area (Å²) in [6.07, 6.45) is 3.04. The van der Waals surface area contributed by atoms with E-state index in [-0.39, 0.29) is 5.70 Å². The van der Waals surface area contributed by atoms with Crippen molar-refractivity contribution < 1.29 is 19.1 Å². The molecule has 44 heavy (non-hydrogen) atoms. The van der Waals surface area contributed by atoms with Gasteiger partial charge >= 0.3 is 5.97 Å². The van der Waals surface area contributed by atoms with Crippen LogP contribution in [0.3, 0.4) is 0 Å². The number of ether oxygens (including phenoxy) is 1. The number of carbonyl (C=O) groups is 3. The molecule has 5 aromatic rings. The van der Waals surface area contributed by atoms with E-state index < -0.39 is 17.8 Å². The summed E-state index contributed by atoms with van der Waals surface area (Å²) in [6, 6.07) is 36.0. The number of amides is 2. The average molecular weight is 583 g/mol. The maximum atomic E-state index is 13.1. The zero-order valence-corrected chi connectivity index (χ0v) is 24.2. The van der Waals surface area contributed by atoms with E-state index in [1.807, 2.05) is 85.7 Å². The van der Waals surface area contributed by atoms with Gasteiger partial charge in [0.15, 0.2) is 0 Å². The Morgan fingerprint density at radius 1 is 0.727 bits per heavy atom. The first-order valence-corrected chi connectivity index (χ1v) is 13.9. The monoisotopic (exact) mass is 582 g/mol. The first-order chi connectivity index (χ1) is 21.4. The Bertz CT molecular complexity index is 1840. The number of hydrogen-bond donors (Lipinski definition) is 2. The van der Waals surface area contributed by atoms with Crippen LogP contribution in [0.25, 0.3) is 16.8 Å². The first kappa shape index (κ1) is 29.5. The van der Waals surface area contributed by atoms with Crippen LogP contribution in [0.5, 0.6) is 5.75 Å². The van der Waals surface area contributed by atoms with Gasteiger partial charge in [0.25, 0.3) is 11.8 Å². The molecule has 0 spiro atoms. The zero-order chi connectivity index (χ0) is 30.9. The fourth-order valence-corrected chi connectivity index (χ4v) is 4.39. The highest BCUT2D eigenvalue weighted by molar-refractivity contribution is 6.06. The fourth-order valence-electron chi connectivity index (χ4n) is 4.39. The molecule has 0 aromatic heterocycles. The van der Waals surface area contributed by atoms with Crippen molar-refractivity contribution in [3.05, 3.63) is 149 Å². The molecule has 0 saturated heterocycles. The minimum absolute atomic E-state index is 0.0318. The van der Waals surface area contributed by atoms with Crippen LogP contribution in [0.1, 0.15) is 31.8 Å². The summed E-state index contributed by atoms with van der Waals surface area (Å²) in [5.41, 5.74) is 5.79. The van der Waals surface area contributed by atoms with Gasteiger partial charge in [-0.05, 0) is 82.6 Å². The second-order valence-corrected chi connectivity index (χ2v) is 10.0. The van der Waals surface area contributed by atoms with Crippen molar-refractivity contribution in [2.45, 2.75) is 0 Å². The molecule has 0 saturated carbocycles. The summed E-state index contributed by atoms with van der Waals surface area (Å²) < 4.78 is 5.58. The molecule has 8 nitrogen and oxygen atoms in total. The van der Waals surface area contributed by atoms with Crippen LogP contribution in [0.15, 0.2) is 132 Å². The van der Waals surface area contributed by atoms with E-state index in [2.05, 4.69) is 15.8 Å². The number of nitrogens with one attached hydrogen (secondary N) is 2. The van der Waals surface area contributed by atoms with Crippen molar-refractivity contribution >= 4 is 46.5 Å². The lowest BCUT2D eigenvalue weighted by atomic mass is 10.0. The van der Waals surface area contributed by atoms with Crippen molar-refractivity contribution in [2.75, 3.05) is 19.0 Å². The number of anilines is 1. The van der Waals surface area contributed by atoms with Gasteiger partial charge in [0, 0.05) is 25.3 Å². The normalized spacial score (nSPS) is 11.3. The van der Waals surface area contributed by atoms with Crippen molar-refractivity contribution in [3.63, 3.8) is 0 Å². The molecule has 5 rings (SSSR count). The van der Waals surface area contributed by atoms with Gasteiger partial charge in [-0.3, -0.25) is 9.59 Å². The number of hydrogen-bond acceptors (Lipinski definition) is 6. The van der Waals surface area contributed by atoms with Gasteiger partial charge in [-0.1, -0.05) is 66.7 Å². The van der Waals surface area contributed by atoms with Crippen molar-refractivity contribution in [1.82, 2.24) is 10.7 Å². The molecule has 0 aliphatic carbocycles. The van der Waals surface area contributed by atoms with E-state index in [4.69, 9.17) is 4.74 Å². The fraction of sp³-hybridized carbons (Fsp3) is 0.0556. The summed E-state index contributed by atoms with van der Waals surface area (Å²) >= 11 is 0. The third kappa shape index (κ3) is 7.43. The molecule has 5 aromatic carbocycles. The number of carbonyl (C=O) groups excluding carboxylic acids is 3. The van der Waals surface area contributed by atoms with Crippen LogP contribution in [0.4, 0.5) is 5.69 Å². The van der Waals surface area contributed by atoms with Crippen LogP contribution >= 0.6 is 0 Å². The van der Waals surface area contributed by atoms with Crippen molar-refractivity contribution in [3.8, 4) is 5.75 Å². The molecule has 218 valence electrons. The lowest BCUT2D eigenvalue weighted by molar-refractivity contribution is -0.117. The van der Waals surface area contributed by atoms with Gasteiger partial charge in [-0.25, -0.2) is 10.2 Å². The predicted octanol–water partition coefficient (Wildman–Crippen LogP) is 6.05. The summed E-state index contributed by atoms with van der Waals surface area (Å²) in [5.74, 6) is -1.10. The largest absolute Gasteiger partial charge is 0.423 e. The molecule has 0 aliphatic heterocycles. The highest BCUT2D eigenvalue weighted by Gasteiger charge is 2.15. The van der Waals surface area contributed by atoms with Gasteiger partial charge in [-0.15, -0.1) is 0 Å². The quantitative estimate of drug-likeness (QED) is 0.0725. The zero-order valence-electron chi connectivity index (χ0n) is 24.2. The Balaban J connectivity index is 1.26. The van der Waals surface area contributed by atoms with E-state index in [1.165, 1.54) is 6.21 Å². The molecule has 0 radical (unpaired) electrons. The highest BCUT2D eigenvalue weighted by atomic mass is 16.5. The Kier molecular flexibility index (Phi) is 9.22. The molecule has 0 aliphatic rings. The number of benzene rings is 5. The Morgan fingerprint density at radius 3 is 2.11 bits per heavy atom. The lowest BCUT2D eigenvalue weighted by Gasteiger charge is -2.12. The molecule has 0 unspecified atom stereocenters. The molecular formula is C36H30N4O4. The third-order valence-electron chi connectivity index (χ3n) is 6.73. The molecule has 2 N–H and O–H groups in total. The van der Waals surface area contributed by atoms with Crippen LogP contribution in [0, 0.1) is 0 Å². The molecule has 0 fully saturated rings. The smallest absolute Gasteiger partial charge is 0.344 e. The lowest BCUT2D eigenvalue weighted by Crippen LogP contribution is -2.32. The van der Waals surface area contributed by atoms with Crippen LogP contribution in [-0.2, 0) is 4.79 Å². The van der Waals surface area contributed by atoms with Crippen molar-refractivity contribution in [1.29, 1.82) is 0 Å². The number of rotatable bonds is 9. The topological polar surface area (TPSA) is 100 Å². The van der Waals surface area contributed by atoms with E-state index >= 15 is 0 Å². The van der Waals surface area contributed by atoms with Gasteiger partial charge in [0.05, 0.1) is 11.8 Å². The summed E-state index contributed by atoms with van der Waals surface area (Å²) in [7, 11) is 3.88. The van der Waals surface area contributed by atoms with Gasteiger partial charge in [-0.2, -0.15) is 5.10 Å². The van der Waals surface area contributed by atoms with E-state index in [1.54, 1.807) is 60.7 Å². The van der Waals surface area contributed by atoms with Crippen molar-refractivity contribution in [2.24, 2.45) is 5.10 Å². The maximum absolute atomic E-state index is 13.1. The minimum atomic E-state index is -0.595. The van der Waals surface area contributed by atoms with Crippen LogP contribution < -0.4 is 20.4 Å². The Morgan fingerprint density at radius 2 is 1.39 bits per heavy atom. The Labute approximate surface area is 255 Å². The van der Waals surface area contributed by atoms with E-state index in [9.17, 15) is 14.4 Å². The number of fused-ring (bicyclic) bond motifs is 1. The second kappa shape index (κ2) is 13.8. The van der Waals surface area contributed by atoms with Crippen LogP contribution in [-0.4, -0.2) is 38.1 Å². The maximum Gasteiger partial charge on any atom is 0.344 e. The first-order valence-electron chi connectivity index (χ1n) is 13.9. The molecule has 0 bridgehead atoms. The molecule has 0 atom stereocenters. The van der Waals surface area contributed by atoms with Gasteiger partial charge < -0.3 is 15.0 Å². The summed E-state index contributed by atoms with van der Waals surface area (Å²) in [4.78, 5) is 40.8. The standard InChI is InChI=1S/C36H30N4O4/c1-40(2)29-19-15-25(16-20-29)23-33(38-34(41)28-10-4-3-5-11-28)35(42)39-37-24-26-17-21-30(22-18-26)44-36(43)32-14-8-12-27-9-6-7-13-31(27)32/h3-24H,1-2H3,(H,38,41)(H,39,42). The van der Waals surface area contributed by atoms with E-state index in [0.717, 1.165) is 22.0 Å². The molecule has 2 amide bonds. The van der Waals surface area contributed by atoms with E-state index in [0.29, 0.717) is 22.4 Å². The summed E-state index contributed by atoms with van der Waals surface area (Å²) in [6.45, 7) is 0. The van der Waals surface area contributed by atoms with Gasteiger partial charge in [0.2, 0.25) is 0 Å². The van der Waals surface area contributed by atoms with Gasteiger partial charge in [0.1, 0.15) is 11.4 Å². The van der Waals surface area contributed by atoms with Crippen LogP contribution in [0.2, 0.25) is 0 Å². The SMILES string of the molecule is CN(C)c1ccc(C=C(NC(=O)c2ccccc2)C(=O)NN=Cc2ccc(OC(=O)c3cccc4ccccc34)cc2)cc1. The Hall–Kier alpha value is -6.02. The second-order valence-electron chi connectivity index (χ2n) is 10.0. The number of nitrogens with zero attached hydrogens (tertiary/aromatic N) is 2.